The van der Waals surface area contributed by atoms with Gasteiger partial charge >= 0.3 is 0 Å². The van der Waals surface area contributed by atoms with Crippen molar-refractivity contribution in [2.45, 2.75) is 44.7 Å². The number of fused-ring (bicyclic) bond motifs is 1. The first-order chi connectivity index (χ1) is 15.7. The summed E-state index contributed by atoms with van der Waals surface area (Å²) in [6, 6.07) is 20.6. The van der Waals surface area contributed by atoms with Gasteiger partial charge in [-0.2, -0.15) is 5.10 Å². The van der Waals surface area contributed by atoms with Crippen molar-refractivity contribution in [3.05, 3.63) is 83.2 Å². The van der Waals surface area contributed by atoms with E-state index in [1.54, 1.807) is 11.2 Å². The summed E-state index contributed by atoms with van der Waals surface area (Å²) in [6.45, 7) is 5.00. The predicted molar refractivity (Wildman–Crippen MR) is 125 cm³/mol. The summed E-state index contributed by atoms with van der Waals surface area (Å²) < 4.78 is 5.44. The molecule has 1 N–H and O–H groups in total. The Balaban J connectivity index is 1.88. The average Bonchev–Trinajstić information content (AvgIpc) is 2.81. The zero-order valence-electron chi connectivity index (χ0n) is 18.7. The SMILES string of the molecule is CCC(CC)N1CC(C(c2ccccc2)c2ccccc2)N2/N=C\COCC(O)=C2C1=O. The first-order valence-corrected chi connectivity index (χ1v) is 11.4. The first kappa shape index (κ1) is 22.1. The van der Waals surface area contributed by atoms with E-state index in [4.69, 9.17) is 4.74 Å². The Morgan fingerprint density at radius 1 is 1.03 bits per heavy atom. The summed E-state index contributed by atoms with van der Waals surface area (Å²) in [5.41, 5.74) is 2.52. The summed E-state index contributed by atoms with van der Waals surface area (Å²) in [4.78, 5) is 15.5. The van der Waals surface area contributed by atoms with Crippen LogP contribution < -0.4 is 0 Å². The Morgan fingerprint density at radius 3 is 2.19 bits per heavy atom. The highest BCUT2D eigenvalue weighted by molar-refractivity contribution is 5.94. The highest BCUT2D eigenvalue weighted by atomic mass is 16.5. The van der Waals surface area contributed by atoms with Gasteiger partial charge in [-0.05, 0) is 24.0 Å². The van der Waals surface area contributed by atoms with Crippen LogP contribution >= 0.6 is 0 Å². The highest BCUT2D eigenvalue weighted by Gasteiger charge is 2.44. The number of amides is 1. The summed E-state index contributed by atoms with van der Waals surface area (Å²) in [5, 5.41) is 17.2. The molecule has 4 rings (SSSR count). The van der Waals surface area contributed by atoms with Crippen LogP contribution in [0.15, 0.2) is 77.2 Å². The van der Waals surface area contributed by atoms with E-state index in [1.165, 1.54) is 0 Å². The quantitative estimate of drug-likeness (QED) is 0.738. The van der Waals surface area contributed by atoms with Crippen molar-refractivity contribution in [1.82, 2.24) is 9.91 Å². The summed E-state index contributed by atoms with van der Waals surface area (Å²) >= 11 is 0. The number of carbonyl (C=O) groups excluding carboxylic acids is 1. The summed E-state index contributed by atoms with van der Waals surface area (Å²) in [6.07, 6.45) is 3.38. The molecule has 1 fully saturated rings. The number of aliphatic hydroxyl groups excluding tert-OH is 1. The normalized spacial score (nSPS) is 20.4. The van der Waals surface area contributed by atoms with Gasteiger partial charge in [-0.25, -0.2) is 0 Å². The zero-order valence-corrected chi connectivity index (χ0v) is 18.7. The van der Waals surface area contributed by atoms with E-state index >= 15 is 0 Å². The van der Waals surface area contributed by atoms with Crippen LogP contribution in [0.1, 0.15) is 43.7 Å². The fourth-order valence-corrected chi connectivity index (χ4v) is 4.81. The maximum atomic E-state index is 13.6. The lowest BCUT2D eigenvalue weighted by Gasteiger charge is -2.47. The molecule has 2 aromatic rings. The number of piperazine rings is 1. The fourth-order valence-electron chi connectivity index (χ4n) is 4.81. The Labute approximate surface area is 189 Å². The second-order valence-electron chi connectivity index (χ2n) is 8.25. The molecular weight excluding hydrogens is 402 g/mol. The molecular formula is C26H31N3O3. The number of hydrogen-bond acceptors (Lipinski definition) is 5. The van der Waals surface area contributed by atoms with E-state index in [0.717, 1.165) is 24.0 Å². The monoisotopic (exact) mass is 433 g/mol. The van der Waals surface area contributed by atoms with Crippen LogP contribution in [0.4, 0.5) is 0 Å². The minimum Gasteiger partial charge on any atom is -0.507 e. The van der Waals surface area contributed by atoms with E-state index in [-0.39, 0.29) is 48.6 Å². The van der Waals surface area contributed by atoms with E-state index in [9.17, 15) is 9.90 Å². The molecule has 1 atom stereocenters. The molecule has 1 saturated heterocycles. The average molecular weight is 434 g/mol. The van der Waals surface area contributed by atoms with Gasteiger partial charge in [-0.1, -0.05) is 74.5 Å². The molecule has 0 spiro atoms. The van der Waals surface area contributed by atoms with Crippen molar-refractivity contribution in [2.75, 3.05) is 19.8 Å². The number of rotatable bonds is 6. The van der Waals surface area contributed by atoms with Crippen LogP contribution in [0.5, 0.6) is 0 Å². The van der Waals surface area contributed by atoms with Gasteiger partial charge < -0.3 is 14.7 Å². The molecule has 168 valence electrons. The standard InChI is InChI=1S/C26H31N3O3/c1-3-21(4-2)28-17-22(29-25(26(28)31)23(30)18-32-16-15-27-29)24(19-11-7-5-8-12-19)20-13-9-6-10-14-20/h5-15,21-22,24,30H,3-4,16-18H2,1-2H3/b25-23?,27-15-. The minimum absolute atomic E-state index is 0.00555. The second-order valence-corrected chi connectivity index (χ2v) is 8.25. The maximum absolute atomic E-state index is 13.6. The maximum Gasteiger partial charge on any atom is 0.275 e. The van der Waals surface area contributed by atoms with Gasteiger partial charge in [0.2, 0.25) is 0 Å². The number of hydrazone groups is 1. The van der Waals surface area contributed by atoms with Crippen LogP contribution in [0, 0.1) is 0 Å². The van der Waals surface area contributed by atoms with Gasteiger partial charge in [-0.15, -0.1) is 0 Å². The molecule has 6 nitrogen and oxygen atoms in total. The molecule has 2 heterocycles. The van der Waals surface area contributed by atoms with E-state index in [0.29, 0.717) is 6.54 Å². The Kier molecular flexibility index (Phi) is 6.90. The third-order valence-corrected chi connectivity index (χ3v) is 6.39. The lowest BCUT2D eigenvalue weighted by molar-refractivity contribution is -0.137. The van der Waals surface area contributed by atoms with E-state index < -0.39 is 0 Å². The number of nitrogens with zero attached hydrogens (tertiary/aromatic N) is 3. The molecule has 1 amide bonds. The Bertz CT molecular complexity index is 931. The van der Waals surface area contributed by atoms with Crippen molar-refractivity contribution in [2.24, 2.45) is 5.10 Å². The van der Waals surface area contributed by atoms with Crippen LogP contribution in [0.3, 0.4) is 0 Å². The zero-order chi connectivity index (χ0) is 22.5. The second kappa shape index (κ2) is 10.0. The lowest BCUT2D eigenvalue weighted by Crippen LogP contribution is -2.58. The van der Waals surface area contributed by atoms with Gasteiger partial charge in [0.15, 0.2) is 5.70 Å². The Hall–Kier alpha value is -3.12. The van der Waals surface area contributed by atoms with Crippen LogP contribution in [0.25, 0.3) is 0 Å². The predicted octanol–water partition coefficient (Wildman–Crippen LogP) is 4.31. The van der Waals surface area contributed by atoms with Crippen LogP contribution in [0.2, 0.25) is 0 Å². The molecule has 1 unspecified atom stereocenters. The van der Waals surface area contributed by atoms with Crippen molar-refractivity contribution < 1.29 is 14.6 Å². The summed E-state index contributed by atoms with van der Waals surface area (Å²) in [7, 11) is 0. The number of aliphatic hydroxyl groups is 1. The number of ether oxygens (including phenoxy) is 1. The summed E-state index contributed by atoms with van der Waals surface area (Å²) in [5.74, 6) is -0.287. The molecule has 2 aliphatic rings. The lowest BCUT2D eigenvalue weighted by atomic mass is 9.83. The topological polar surface area (TPSA) is 65.4 Å². The third kappa shape index (κ3) is 4.28. The van der Waals surface area contributed by atoms with Crippen molar-refractivity contribution in [3.8, 4) is 0 Å². The molecule has 2 aliphatic heterocycles. The molecule has 6 heteroatoms. The van der Waals surface area contributed by atoms with E-state index in [2.05, 4.69) is 43.2 Å². The van der Waals surface area contributed by atoms with Gasteiger partial charge in [0.25, 0.3) is 5.91 Å². The molecule has 0 aromatic heterocycles. The molecule has 0 bridgehead atoms. The van der Waals surface area contributed by atoms with Crippen LogP contribution in [-0.2, 0) is 9.53 Å². The molecule has 32 heavy (non-hydrogen) atoms. The minimum atomic E-state index is -0.185. The first-order valence-electron chi connectivity index (χ1n) is 11.4. The fraction of sp³-hybridized carbons (Fsp3) is 0.385. The largest absolute Gasteiger partial charge is 0.507 e. The molecule has 0 radical (unpaired) electrons. The number of hydrogen-bond donors (Lipinski definition) is 1. The van der Waals surface area contributed by atoms with Gasteiger partial charge in [-0.3, -0.25) is 9.80 Å². The van der Waals surface area contributed by atoms with Gasteiger partial charge in [0.1, 0.15) is 12.4 Å². The van der Waals surface area contributed by atoms with Gasteiger partial charge in [0, 0.05) is 18.5 Å². The van der Waals surface area contributed by atoms with Gasteiger partial charge in [0.05, 0.1) is 18.9 Å². The molecule has 0 saturated carbocycles. The smallest absolute Gasteiger partial charge is 0.275 e. The number of benzene rings is 2. The van der Waals surface area contributed by atoms with Crippen molar-refractivity contribution >= 4 is 12.1 Å². The Morgan fingerprint density at radius 2 is 1.62 bits per heavy atom. The van der Waals surface area contributed by atoms with Crippen LogP contribution in [-0.4, -0.2) is 59.0 Å². The van der Waals surface area contributed by atoms with Crippen molar-refractivity contribution in [1.29, 1.82) is 0 Å². The van der Waals surface area contributed by atoms with E-state index in [1.807, 2.05) is 41.3 Å². The third-order valence-electron chi connectivity index (χ3n) is 6.39. The van der Waals surface area contributed by atoms with Crippen molar-refractivity contribution in [3.63, 3.8) is 0 Å². The highest BCUT2D eigenvalue weighted by Crippen LogP contribution is 2.38. The number of carbonyl (C=O) groups is 1. The molecule has 0 aliphatic carbocycles. The molecule has 2 aromatic carbocycles.